The van der Waals surface area contributed by atoms with E-state index in [1.807, 2.05) is 10.9 Å². The Morgan fingerprint density at radius 1 is 1.60 bits per heavy atom. The van der Waals surface area contributed by atoms with E-state index in [2.05, 4.69) is 32.9 Å². The first kappa shape index (κ1) is 11.4. The third-order valence-electron chi connectivity index (χ3n) is 2.87. The SMILES string of the molecule is CC1CC(Br)CN1CCn1cc(Cl)cn1. The molecular formula is C10H15BrClN3. The van der Waals surface area contributed by atoms with Gasteiger partial charge >= 0.3 is 0 Å². The largest absolute Gasteiger partial charge is 0.298 e. The number of likely N-dealkylation sites (tertiary alicyclic amines) is 1. The molecule has 0 N–H and O–H groups in total. The summed E-state index contributed by atoms with van der Waals surface area (Å²) < 4.78 is 1.90. The van der Waals surface area contributed by atoms with E-state index in [-0.39, 0.29) is 0 Å². The summed E-state index contributed by atoms with van der Waals surface area (Å²) in [7, 11) is 0. The van der Waals surface area contributed by atoms with Crippen LogP contribution in [-0.4, -0.2) is 38.6 Å². The molecule has 3 nitrogen and oxygen atoms in total. The van der Waals surface area contributed by atoms with Crippen molar-refractivity contribution in [2.75, 3.05) is 13.1 Å². The van der Waals surface area contributed by atoms with Gasteiger partial charge in [-0.05, 0) is 13.3 Å². The van der Waals surface area contributed by atoms with E-state index in [1.165, 1.54) is 6.42 Å². The van der Waals surface area contributed by atoms with Gasteiger partial charge in [0.1, 0.15) is 0 Å². The van der Waals surface area contributed by atoms with Crippen molar-refractivity contribution in [3.63, 3.8) is 0 Å². The van der Waals surface area contributed by atoms with Gasteiger partial charge in [0.05, 0.1) is 17.8 Å². The summed E-state index contributed by atoms with van der Waals surface area (Å²) in [4.78, 5) is 3.13. The van der Waals surface area contributed by atoms with Gasteiger partial charge in [0.25, 0.3) is 0 Å². The molecule has 15 heavy (non-hydrogen) atoms. The summed E-state index contributed by atoms with van der Waals surface area (Å²) in [5, 5.41) is 4.88. The van der Waals surface area contributed by atoms with E-state index < -0.39 is 0 Å². The van der Waals surface area contributed by atoms with Gasteiger partial charge in [-0.2, -0.15) is 5.10 Å². The van der Waals surface area contributed by atoms with Crippen LogP contribution in [0.4, 0.5) is 0 Å². The van der Waals surface area contributed by atoms with Crippen LogP contribution < -0.4 is 0 Å². The Labute approximate surface area is 104 Å². The van der Waals surface area contributed by atoms with Crippen molar-refractivity contribution in [2.24, 2.45) is 0 Å². The van der Waals surface area contributed by atoms with Crippen molar-refractivity contribution in [3.8, 4) is 0 Å². The Morgan fingerprint density at radius 3 is 2.93 bits per heavy atom. The summed E-state index contributed by atoms with van der Waals surface area (Å²) in [6, 6.07) is 0.667. The normalized spacial score (nSPS) is 27.4. The van der Waals surface area contributed by atoms with Crippen molar-refractivity contribution in [1.82, 2.24) is 14.7 Å². The minimum atomic E-state index is 0.647. The predicted molar refractivity (Wildman–Crippen MR) is 65.6 cm³/mol. The molecule has 2 atom stereocenters. The van der Waals surface area contributed by atoms with Crippen LogP contribution in [0.2, 0.25) is 5.02 Å². The quantitative estimate of drug-likeness (QED) is 0.798. The molecule has 1 fully saturated rings. The van der Waals surface area contributed by atoms with E-state index in [1.54, 1.807) is 6.20 Å². The van der Waals surface area contributed by atoms with E-state index in [0.717, 1.165) is 19.6 Å². The topological polar surface area (TPSA) is 21.1 Å². The van der Waals surface area contributed by atoms with Crippen molar-refractivity contribution in [1.29, 1.82) is 0 Å². The molecule has 0 amide bonds. The van der Waals surface area contributed by atoms with Gasteiger partial charge in [-0.1, -0.05) is 27.5 Å². The number of hydrogen-bond donors (Lipinski definition) is 0. The number of alkyl halides is 1. The molecule has 2 heterocycles. The van der Waals surface area contributed by atoms with E-state index in [4.69, 9.17) is 11.6 Å². The number of nitrogens with zero attached hydrogens (tertiary/aromatic N) is 3. The fourth-order valence-corrected chi connectivity index (χ4v) is 3.10. The Kier molecular flexibility index (Phi) is 3.69. The zero-order valence-electron chi connectivity index (χ0n) is 8.74. The fourth-order valence-electron chi connectivity index (χ4n) is 2.03. The Balaban J connectivity index is 1.83. The lowest BCUT2D eigenvalue weighted by Gasteiger charge is -2.20. The molecule has 0 spiro atoms. The standard InChI is InChI=1S/C10H15BrClN3/c1-8-4-9(11)6-14(8)2-3-15-7-10(12)5-13-15/h5,7-9H,2-4,6H2,1H3. The van der Waals surface area contributed by atoms with Crippen LogP contribution in [0, 0.1) is 0 Å². The molecule has 1 aromatic rings. The third kappa shape index (κ3) is 2.95. The second-order valence-electron chi connectivity index (χ2n) is 4.10. The summed E-state index contributed by atoms with van der Waals surface area (Å²) in [6.07, 6.45) is 4.79. The lowest BCUT2D eigenvalue weighted by Crippen LogP contribution is -2.30. The second-order valence-corrected chi connectivity index (χ2v) is 5.83. The molecule has 1 aliphatic heterocycles. The lowest BCUT2D eigenvalue weighted by molar-refractivity contribution is 0.254. The van der Waals surface area contributed by atoms with Crippen LogP contribution in [0.3, 0.4) is 0 Å². The molecule has 0 saturated carbocycles. The van der Waals surface area contributed by atoms with Crippen LogP contribution in [0.15, 0.2) is 12.4 Å². The minimum Gasteiger partial charge on any atom is -0.298 e. The van der Waals surface area contributed by atoms with Gasteiger partial charge in [0.15, 0.2) is 0 Å². The Bertz CT molecular complexity index is 328. The molecular weight excluding hydrogens is 277 g/mol. The van der Waals surface area contributed by atoms with E-state index >= 15 is 0 Å². The van der Waals surface area contributed by atoms with Crippen LogP contribution in [0.5, 0.6) is 0 Å². The van der Waals surface area contributed by atoms with Crippen LogP contribution in [-0.2, 0) is 6.54 Å². The fraction of sp³-hybridized carbons (Fsp3) is 0.700. The maximum absolute atomic E-state index is 5.80. The van der Waals surface area contributed by atoms with Gasteiger partial charge < -0.3 is 0 Å². The average molecular weight is 293 g/mol. The summed E-state index contributed by atoms with van der Waals surface area (Å²) in [5.41, 5.74) is 0. The number of hydrogen-bond acceptors (Lipinski definition) is 2. The molecule has 0 aliphatic carbocycles. The average Bonchev–Trinajstić information content (AvgIpc) is 2.70. The molecule has 1 aliphatic rings. The van der Waals surface area contributed by atoms with Gasteiger partial charge in [0.2, 0.25) is 0 Å². The maximum atomic E-state index is 5.80. The third-order valence-corrected chi connectivity index (χ3v) is 3.73. The number of rotatable bonds is 3. The molecule has 0 bridgehead atoms. The Hall–Kier alpha value is -0.0600. The minimum absolute atomic E-state index is 0.647. The zero-order valence-corrected chi connectivity index (χ0v) is 11.1. The lowest BCUT2D eigenvalue weighted by atomic mass is 10.2. The van der Waals surface area contributed by atoms with Crippen molar-refractivity contribution < 1.29 is 0 Å². The van der Waals surface area contributed by atoms with Crippen LogP contribution in [0.25, 0.3) is 0 Å². The first-order chi connectivity index (χ1) is 7.15. The highest BCUT2D eigenvalue weighted by Crippen LogP contribution is 2.22. The molecule has 5 heteroatoms. The molecule has 84 valence electrons. The maximum Gasteiger partial charge on any atom is 0.0785 e. The van der Waals surface area contributed by atoms with Gasteiger partial charge in [-0.15, -0.1) is 0 Å². The second kappa shape index (κ2) is 4.85. The predicted octanol–water partition coefficient (Wildman–Crippen LogP) is 2.39. The molecule has 1 aromatic heterocycles. The molecule has 2 unspecified atom stereocenters. The molecule has 2 rings (SSSR count). The summed E-state index contributed by atoms with van der Waals surface area (Å²) in [5.74, 6) is 0. The van der Waals surface area contributed by atoms with Gasteiger partial charge in [-0.3, -0.25) is 9.58 Å². The van der Waals surface area contributed by atoms with Crippen LogP contribution in [0.1, 0.15) is 13.3 Å². The molecule has 0 aromatic carbocycles. The molecule has 1 saturated heterocycles. The monoisotopic (exact) mass is 291 g/mol. The van der Waals surface area contributed by atoms with E-state index in [9.17, 15) is 0 Å². The van der Waals surface area contributed by atoms with Gasteiger partial charge in [-0.25, -0.2) is 0 Å². The van der Waals surface area contributed by atoms with Gasteiger partial charge in [0, 0.05) is 30.2 Å². The first-order valence-electron chi connectivity index (χ1n) is 5.21. The smallest absolute Gasteiger partial charge is 0.0785 e. The first-order valence-corrected chi connectivity index (χ1v) is 6.50. The highest BCUT2D eigenvalue weighted by atomic mass is 79.9. The summed E-state index contributed by atoms with van der Waals surface area (Å²) in [6.45, 7) is 5.37. The van der Waals surface area contributed by atoms with Crippen LogP contribution >= 0.6 is 27.5 Å². The highest BCUT2D eigenvalue weighted by molar-refractivity contribution is 9.09. The van der Waals surface area contributed by atoms with Crippen molar-refractivity contribution in [2.45, 2.75) is 30.8 Å². The zero-order chi connectivity index (χ0) is 10.8. The van der Waals surface area contributed by atoms with Crippen molar-refractivity contribution >= 4 is 27.5 Å². The number of halogens is 2. The van der Waals surface area contributed by atoms with E-state index in [0.29, 0.717) is 15.9 Å². The highest BCUT2D eigenvalue weighted by Gasteiger charge is 2.26. The summed E-state index contributed by atoms with van der Waals surface area (Å²) >= 11 is 9.47. The van der Waals surface area contributed by atoms with Crippen molar-refractivity contribution in [3.05, 3.63) is 17.4 Å². The number of aromatic nitrogens is 2. The Morgan fingerprint density at radius 2 is 2.40 bits per heavy atom. The molecule has 0 radical (unpaired) electrons.